The van der Waals surface area contributed by atoms with Gasteiger partial charge in [-0.1, -0.05) is 12.1 Å². The summed E-state index contributed by atoms with van der Waals surface area (Å²) in [6.07, 6.45) is 3.28. The lowest BCUT2D eigenvalue weighted by molar-refractivity contribution is -0.138. The van der Waals surface area contributed by atoms with E-state index in [0.717, 1.165) is 16.0 Å². The standard InChI is InChI=1S/C17H18N2O2S/c1-12(14-7-5-13(11-18)6-8-14)15(9-10-19-4)22-17(2,3)16(20)21/h5-10H,4H2,1-3H3,(H,20,21)/b10-9-,15-12-. The highest BCUT2D eigenvalue weighted by Gasteiger charge is 2.29. The summed E-state index contributed by atoms with van der Waals surface area (Å²) >= 11 is 1.25. The number of aliphatic imine (C=N–C) groups is 1. The average Bonchev–Trinajstić information content (AvgIpc) is 2.50. The van der Waals surface area contributed by atoms with Gasteiger partial charge in [-0.3, -0.25) is 9.79 Å². The van der Waals surface area contributed by atoms with Crippen molar-refractivity contribution in [1.82, 2.24) is 0 Å². The van der Waals surface area contributed by atoms with Gasteiger partial charge in [0.1, 0.15) is 4.75 Å². The van der Waals surface area contributed by atoms with Crippen molar-refractivity contribution in [3.05, 3.63) is 52.6 Å². The quantitative estimate of drug-likeness (QED) is 0.633. The molecule has 0 fully saturated rings. The van der Waals surface area contributed by atoms with Crippen molar-refractivity contribution in [2.45, 2.75) is 25.5 Å². The Hall–Kier alpha value is -2.32. The number of rotatable bonds is 6. The van der Waals surface area contributed by atoms with Crippen LogP contribution in [0.3, 0.4) is 0 Å². The molecule has 0 bridgehead atoms. The number of hydrogen-bond acceptors (Lipinski definition) is 4. The SMILES string of the molecule is C=N/C=C\C(SC(C)(C)C(=O)O)=C(/C)c1ccc(C#N)cc1. The van der Waals surface area contributed by atoms with Crippen LogP contribution in [0.2, 0.25) is 0 Å². The van der Waals surface area contributed by atoms with E-state index in [1.54, 1.807) is 32.1 Å². The van der Waals surface area contributed by atoms with Crippen LogP contribution in [0.25, 0.3) is 5.57 Å². The van der Waals surface area contributed by atoms with Crippen LogP contribution in [-0.2, 0) is 4.79 Å². The van der Waals surface area contributed by atoms with E-state index in [0.29, 0.717) is 5.56 Å². The molecule has 0 amide bonds. The van der Waals surface area contributed by atoms with Crippen LogP contribution in [0, 0.1) is 11.3 Å². The second-order valence-electron chi connectivity index (χ2n) is 5.09. The van der Waals surface area contributed by atoms with Crippen molar-refractivity contribution in [2.75, 3.05) is 0 Å². The van der Waals surface area contributed by atoms with Crippen LogP contribution < -0.4 is 0 Å². The van der Waals surface area contributed by atoms with Gasteiger partial charge < -0.3 is 5.11 Å². The van der Waals surface area contributed by atoms with E-state index in [4.69, 9.17) is 5.26 Å². The van der Waals surface area contributed by atoms with Crippen LogP contribution in [0.1, 0.15) is 31.9 Å². The topological polar surface area (TPSA) is 73.4 Å². The molecule has 1 rings (SSSR count). The van der Waals surface area contributed by atoms with Crippen LogP contribution in [0.15, 0.2) is 46.4 Å². The van der Waals surface area contributed by atoms with E-state index in [9.17, 15) is 9.90 Å². The van der Waals surface area contributed by atoms with Gasteiger partial charge in [-0.2, -0.15) is 5.26 Å². The maximum absolute atomic E-state index is 11.3. The number of carbonyl (C=O) groups is 1. The molecule has 0 radical (unpaired) electrons. The van der Waals surface area contributed by atoms with Crippen LogP contribution in [0.4, 0.5) is 0 Å². The van der Waals surface area contributed by atoms with Crippen LogP contribution >= 0.6 is 11.8 Å². The van der Waals surface area contributed by atoms with Gasteiger partial charge in [0.2, 0.25) is 0 Å². The van der Waals surface area contributed by atoms with Gasteiger partial charge in [0.15, 0.2) is 0 Å². The minimum absolute atomic E-state index is 0.583. The predicted molar refractivity (Wildman–Crippen MR) is 91.7 cm³/mol. The molecule has 0 aliphatic heterocycles. The van der Waals surface area contributed by atoms with Gasteiger partial charge in [0.25, 0.3) is 0 Å². The maximum atomic E-state index is 11.3. The number of carboxylic acids is 1. The second-order valence-corrected chi connectivity index (χ2v) is 6.76. The van der Waals surface area contributed by atoms with E-state index in [1.165, 1.54) is 18.0 Å². The first-order valence-corrected chi connectivity index (χ1v) is 7.39. The molecule has 0 heterocycles. The van der Waals surface area contributed by atoms with Gasteiger partial charge in [-0.15, -0.1) is 11.8 Å². The molecule has 0 saturated carbocycles. The van der Waals surface area contributed by atoms with Crippen LogP contribution in [-0.4, -0.2) is 22.5 Å². The highest BCUT2D eigenvalue weighted by Crippen LogP contribution is 2.37. The molecule has 1 aromatic carbocycles. The first kappa shape index (κ1) is 17.7. The maximum Gasteiger partial charge on any atom is 0.319 e. The first-order chi connectivity index (χ1) is 10.3. The summed E-state index contributed by atoms with van der Waals surface area (Å²) in [5.74, 6) is -0.886. The number of thioether (sulfide) groups is 1. The van der Waals surface area contributed by atoms with Crippen molar-refractivity contribution >= 4 is 30.0 Å². The van der Waals surface area contributed by atoms with Crippen molar-refractivity contribution in [2.24, 2.45) is 4.99 Å². The smallest absolute Gasteiger partial charge is 0.319 e. The minimum atomic E-state index is -0.964. The number of nitriles is 1. The van der Waals surface area contributed by atoms with Crippen LogP contribution in [0.5, 0.6) is 0 Å². The Labute approximate surface area is 134 Å². The van der Waals surface area contributed by atoms with E-state index < -0.39 is 10.7 Å². The third-order valence-corrected chi connectivity index (χ3v) is 4.38. The lowest BCUT2D eigenvalue weighted by Gasteiger charge is -2.20. The highest BCUT2D eigenvalue weighted by molar-refractivity contribution is 8.05. The zero-order chi connectivity index (χ0) is 16.8. The first-order valence-electron chi connectivity index (χ1n) is 6.58. The highest BCUT2D eigenvalue weighted by atomic mass is 32.2. The molecule has 0 aromatic heterocycles. The molecule has 0 atom stereocenters. The zero-order valence-corrected chi connectivity index (χ0v) is 13.6. The minimum Gasteiger partial charge on any atom is -0.480 e. The molecular weight excluding hydrogens is 296 g/mol. The molecule has 0 aliphatic rings. The third-order valence-electron chi connectivity index (χ3n) is 3.03. The summed E-state index contributed by atoms with van der Waals surface area (Å²) in [6.45, 7) is 8.62. The van der Waals surface area contributed by atoms with Crippen molar-refractivity contribution in [1.29, 1.82) is 5.26 Å². The second kappa shape index (κ2) is 7.62. The van der Waals surface area contributed by atoms with Gasteiger partial charge in [0.05, 0.1) is 11.6 Å². The molecule has 0 unspecified atom stereocenters. The Morgan fingerprint density at radius 2 is 2.00 bits per heavy atom. The normalized spacial score (nSPS) is 12.6. The summed E-state index contributed by atoms with van der Waals surface area (Å²) in [6, 6.07) is 9.23. The number of benzene rings is 1. The largest absolute Gasteiger partial charge is 0.480 e. The summed E-state index contributed by atoms with van der Waals surface area (Å²) in [5, 5.41) is 18.1. The van der Waals surface area contributed by atoms with E-state index in [1.807, 2.05) is 19.1 Å². The fourth-order valence-corrected chi connectivity index (χ4v) is 2.65. The molecule has 4 nitrogen and oxygen atoms in total. The Kier molecular flexibility index (Phi) is 6.14. The van der Waals surface area contributed by atoms with Crippen molar-refractivity contribution in [3.63, 3.8) is 0 Å². The lowest BCUT2D eigenvalue weighted by atomic mass is 10.1. The van der Waals surface area contributed by atoms with Gasteiger partial charge >= 0.3 is 5.97 Å². The molecule has 1 aromatic rings. The summed E-state index contributed by atoms with van der Waals surface area (Å²) in [5.41, 5.74) is 2.43. The molecule has 0 spiro atoms. The molecule has 5 heteroatoms. The zero-order valence-electron chi connectivity index (χ0n) is 12.8. The average molecular weight is 314 g/mol. The fraction of sp³-hybridized carbons (Fsp3) is 0.235. The monoisotopic (exact) mass is 314 g/mol. The summed E-state index contributed by atoms with van der Waals surface area (Å²) in [7, 11) is 0. The fourth-order valence-electron chi connectivity index (χ4n) is 1.61. The Bertz CT molecular complexity index is 665. The van der Waals surface area contributed by atoms with E-state index in [-0.39, 0.29) is 0 Å². The van der Waals surface area contributed by atoms with E-state index >= 15 is 0 Å². The molecule has 1 N–H and O–H groups in total. The molecular formula is C17H18N2O2S. The van der Waals surface area contributed by atoms with Gasteiger partial charge in [0, 0.05) is 11.1 Å². The van der Waals surface area contributed by atoms with Crippen molar-refractivity contribution < 1.29 is 9.90 Å². The molecule has 114 valence electrons. The Morgan fingerprint density at radius 1 is 1.41 bits per heavy atom. The number of aliphatic carboxylic acids is 1. The van der Waals surface area contributed by atoms with Crippen molar-refractivity contribution in [3.8, 4) is 6.07 Å². The lowest BCUT2D eigenvalue weighted by Crippen LogP contribution is -2.27. The van der Waals surface area contributed by atoms with Gasteiger partial charge in [-0.25, -0.2) is 0 Å². The summed E-state index contributed by atoms with van der Waals surface area (Å²) in [4.78, 5) is 15.8. The van der Waals surface area contributed by atoms with Gasteiger partial charge in [-0.05, 0) is 56.8 Å². The third kappa shape index (κ3) is 4.61. The Balaban J connectivity index is 3.28. The molecule has 0 aliphatic carbocycles. The molecule has 0 saturated heterocycles. The number of carboxylic acid groups (broad SMARTS) is 1. The number of hydrogen-bond donors (Lipinski definition) is 1. The molecule has 22 heavy (non-hydrogen) atoms. The summed E-state index contributed by atoms with van der Waals surface area (Å²) < 4.78 is -0.964. The Morgan fingerprint density at radius 3 is 2.45 bits per heavy atom. The number of nitrogens with zero attached hydrogens (tertiary/aromatic N) is 2. The van der Waals surface area contributed by atoms with E-state index in [2.05, 4.69) is 17.8 Å². The predicted octanol–water partition coefficient (Wildman–Crippen LogP) is 4.10. The number of allylic oxidation sites excluding steroid dienone is 2.